The van der Waals surface area contributed by atoms with Crippen molar-refractivity contribution in [3.63, 3.8) is 0 Å². The Hall–Kier alpha value is -3.85. The van der Waals surface area contributed by atoms with Crippen LogP contribution >= 0.6 is 11.8 Å². The normalized spacial score (nSPS) is 10.2. The number of hydrogen-bond acceptors (Lipinski definition) is 6. The molecule has 3 rings (SSSR count). The number of nitro benzene ring substituents is 1. The number of nitrogens with one attached hydrogen (secondary N) is 2. The maximum atomic E-state index is 12.0. The van der Waals surface area contributed by atoms with E-state index in [9.17, 15) is 19.7 Å². The molecule has 0 atom stereocenters. The minimum atomic E-state index is -0.503. The van der Waals surface area contributed by atoms with E-state index in [1.54, 1.807) is 18.2 Å². The van der Waals surface area contributed by atoms with Gasteiger partial charge in [0.1, 0.15) is 5.75 Å². The first-order valence-corrected chi connectivity index (χ1v) is 10.2. The summed E-state index contributed by atoms with van der Waals surface area (Å²) in [7, 11) is 0. The molecular weight excluding hydrogens is 418 g/mol. The number of benzene rings is 3. The van der Waals surface area contributed by atoms with Gasteiger partial charge in [0, 0.05) is 22.6 Å². The monoisotopic (exact) mass is 437 g/mol. The molecule has 0 heterocycles. The van der Waals surface area contributed by atoms with E-state index in [1.165, 1.54) is 23.9 Å². The molecule has 0 radical (unpaired) electrons. The number of nitrogens with zero attached hydrogens (tertiary/aromatic N) is 1. The second-order valence-corrected chi connectivity index (χ2v) is 7.34. The summed E-state index contributed by atoms with van der Waals surface area (Å²) < 4.78 is 5.62. The molecule has 0 spiro atoms. The van der Waals surface area contributed by atoms with Crippen molar-refractivity contribution in [3.8, 4) is 16.9 Å². The number of ether oxygens (including phenoxy) is 1. The third kappa shape index (κ3) is 6.58. The quantitative estimate of drug-likeness (QED) is 0.317. The van der Waals surface area contributed by atoms with Gasteiger partial charge in [0.2, 0.25) is 5.91 Å². The highest BCUT2D eigenvalue weighted by Crippen LogP contribution is 2.29. The predicted molar refractivity (Wildman–Crippen MR) is 117 cm³/mol. The molecule has 0 aromatic heterocycles. The smallest absolute Gasteiger partial charge is 0.276 e. The average molecular weight is 437 g/mol. The number of non-ortho nitro benzene ring substituents is 1. The fraction of sp³-hybridized carbons (Fsp3) is 0.0909. The Labute approximate surface area is 182 Å². The van der Waals surface area contributed by atoms with E-state index in [2.05, 4.69) is 10.9 Å². The van der Waals surface area contributed by atoms with Crippen LogP contribution in [0, 0.1) is 10.1 Å². The number of carbonyl (C=O) groups is 2. The molecule has 0 saturated heterocycles. The van der Waals surface area contributed by atoms with Crippen LogP contribution in [0.2, 0.25) is 0 Å². The lowest BCUT2D eigenvalue weighted by molar-refractivity contribution is -0.384. The lowest BCUT2D eigenvalue weighted by atomic mass is 10.1. The van der Waals surface area contributed by atoms with E-state index < -0.39 is 16.7 Å². The molecule has 0 aliphatic heterocycles. The van der Waals surface area contributed by atoms with Crippen LogP contribution in [-0.2, 0) is 9.59 Å². The van der Waals surface area contributed by atoms with Crippen molar-refractivity contribution in [3.05, 3.63) is 89.0 Å². The second kappa shape index (κ2) is 10.8. The van der Waals surface area contributed by atoms with Gasteiger partial charge < -0.3 is 4.74 Å². The van der Waals surface area contributed by atoms with Crippen molar-refractivity contribution in [2.45, 2.75) is 4.90 Å². The average Bonchev–Trinajstić information content (AvgIpc) is 2.81. The maximum Gasteiger partial charge on any atom is 0.276 e. The molecule has 3 aromatic carbocycles. The number of hydrogen-bond donors (Lipinski definition) is 2. The molecule has 2 amide bonds. The van der Waals surface area contributed by atoms with E-state index in [4.69, 9.17) is 4.74 Å². The van der Waals surface area contributed by atoms with Gasteiger partial charge in [0.15, 0.2) is 6.61 Å². The molecule has 0 aliphatic carbocycles. The molecule has 0 saturated carbocycles. The lowest BCUT2D eigenvalue weighted by Gasteiger charge is -2.12. The lowest BCUT2D eigenvalue weighted by Crippen LogP contribution is -2.44. The third-order valence-electron chi connectivity index (χ3n) is 4.09. The zero-order chi connectivity index (χ0) is 22.1. The number of thioether (sulfide) groups is 1. The first kappa shape index (κ1) is 21.8. The molecule has 0 aliphatic rings. The Morgan fingerprint density at radius 3 is 2.23 bits per heavy atom. The molecule has 0 bridgehead atoms. The predicted octanol–water partition coefficient (Wildman–Crippen LogP) is 3.58. The Morgan fingerprint density at radius 2 is 1.52 bits per heavy atom. The fourth-order valence-electron chi connectivity index (χ4n) is 2.62. The highest BCUT2D eigenvalue weighted by atomic mass is 32.2. The number of nitro groups is 1. The Bertz CT molecular complexity index is 1060. The van der Waals surface area contributed by atoms with Crippen LogP contribution in [0.1, 0.15) is 0 Å². The molecule has 2 N–H and O–H groups in total. The van der Waals surface area contributed by atoms with Crippen LogP contribution in [-0.4, -0.2) is 29.1 Å². The van der Waals surface area contributed by atoms with Crippen LogP contribution in [0.4, 0.5) is 5.69 Å². The van der Waals surface area contributed by atoms with Gasteiger partial charge in [-0.3, -0.25) is 30.6 Å². The second-order valence-electron chi connectivity index (χ2n) is 6.29. The van der Waals surface area contributed by atoms with Gasteiger partial charge in [-0.1, -0.05) is 48.5 Å². The first-order chi connectivity index (χ1) is 15.0. The van der Waals surface area contributed by atoms with Gasteiger partial charge in [-0.25, -0.2) is 0 Å². The topological polar surface area (TPSA) is 111 Å². The van der Waals surface area contributed by atoms with Gasteiger partial charge in [0.05, 0.1) is 10.7 Å². The number of rotatable bonds is 8. The van der Waals surface area contributed by atoms with Gasteiger partial charge >= 0.3 is 0 Å². The summed E-state index contributed by atoms with van der Waals surface area (Å²) >= 11 is 1.19. The molecule has 158 valence electrons. The van der Waals surface area contributed by atoms with E-state index in [0.717, 1.165) is 11.1 Å². The summed E-state index contributed by atoms with van der Waals surface area (Å²) in [6.45, 7) is -0.264. The highest BCUT2D eigenvalue weighted by molar-refractivity contribution is 8.00. The standard InChI is InChI=1S/C22H19N3O5S/c26-21(14-30-20-9-5-4-8-19(20)16-6-2-1-3-7-16)23-24-22(27)15-31-18-12-10-17(11-13-18)25(28)29/h1-13H,14-15H2,(H,23,26)(H,24,27). The number of hydrazine groups is 1. The summed E-state index contributed by atoms with van der Waals surface area (Å²) in [6, 6.07) is 22.9. The zero-order valence-corrected chi connectivity index (χ0v) is 17.1. The first-order valence-electron chi connectivity index (χ1n) is 9.25. The van der Waals surface area contributed by atoms with Crippen LogP contribution in [0.15, 0.2) is 83.8 Å². The van der Waals surface area contributed by atoms with Crippen molar-refractivity contribution in [2.24, 2.45) is 0 Å². The van der Waals surface area contributed by atoms with E-state index in [-0.39, 0.29) is 18.0 Å². The summed E-state index contributed by atoms with van der Waals surface area (Å²) in [4.78, 5) is 34.8. The van der Waals surface area contributed by atoms with E-state index in [0.29, 0.717) is 10.6 Å². The van der Waals surface area contributed by atoms with Crippen LogP contribution in [0.3, 0.4) is 0 Å². The number of para-hydroxylation sites is 1. The molecule has 3 aromatic rings. The summed E-state index contributed by atoms with van der Waals surface area (Å²) in [6.07, 6.45) is 0. The van der Waals surface area contributed by atoms with Gasteiger partial charge in [-0.2, -0.15) is 0 Å². The van der Waals surface area contributed by atoms with Crippen molar-refractivity contribution in [2.75, 3.05) is 12.4 Å². The summed E-state index contributed by atoms with van der Waals surface area (Å²) in [5.74, 6) is -0.322. The Morgan fingerprint density at radius 1 is 0.871 bits per heavy atom. The highest BCUT2D eigenvalue weighted by Gasteiger charge is 2.10. The molecular formula is C22H19N3O5S. The van der Waals surface area contributed by atoms with Crippen molar-refractivity contribution < 1.29 is 19.2 Å². The summed E-state index contributed by atoms with van der Waals surface area (Å²) in [5, 5.41) is 10.6. The largest absolute Gasteiger partial charge is 0.483 e. The van der Waals surface area contributed by atoms with Gasteiger partial charge in [-0.15, -0.1) is 11.8 Å². The minimum Gasteiger partial charge on any atom is -0.483 e. The molecule has 31 heavy (non-hydrogen) atoms. The molecule has 9 heteroatoms. The van der Waals surface area contributed by atoms with Crippen molar-refractivity contribution in [1.82, 2.24) is 10.9 Å². The Balaban J connectivity index is 1.43. The number of amides is 2. The van der Waals surface area contributed by atoms with Crippen LogP contribution < -0.4 is 15.6 Å². The molecule has 0 unspecified atom stereocenters. The van der Waals surface area contributed by atoms with Crippen LogP contribution in [0.25, 0.3) is 11.1 Å². The molecule has 0 fully saturated rings. The molecule has 8 nitrogen and oxygen atoms in total. The van der Waals surface area contributed by atoms with Crippen molar-refractivity contribution in [1.29, 1.82) is 0 Å². The Kier molecular flexibility index (Phi) is 7.61. The number of carbonyl (C=O) groups excluding carboxylic acids is 2. The fourth-order valence-corrected chi connectivity index (χ4v) is 3.32. The van der Waals surface area contributed by atoms with E-state index >= 15 is 0 Å². The van der Waals surface area contributed by atoms with Crippen LogP contribution in [0.5, 0.6) is 5.75 Å². The zero-order valence-electron chi connectivity index (χ0n) is 16.3. The third-order valence-corrected chi connectivity index (χ3v) is 5.10. The minimum absolute atomic E-state index is 0.0186. The van der Waals surface area contributed by atoms with Crippen molar-refractivity contribution >= 4 is 29.3 Å². The van der Waals surface area contributed by atoms with Gasteiger partial charge in [-0.05, 0) is 23.8 Å². The summed E-state index contributed by atoms with van der Waals surface area (Å²) in [5.41, 5.74) is 6.43. The van der Waals surface area contributed by atoms with E-state index in [1.807, 2.05) is 48.5 Å². The van der Waals surface area contributed by atoms with Gasteiger partial charge in [0.25, 0.3) is 11.6 Å². The maximum absolute atomic E-state index is 12.0. The SMILES string of the molecule is O=C(COc1ccccc1-c1ccccc1)NNC(=O)CSc1ccc([N+](=O)[O-])cc1.